The quantitative estimate of drug-likeness (QED) is 0.806. The second-order valence-electron chi connectivity index (χ2n) is 4.95. The molecule has 0 saturated carbocycles. The molecular formula is C18H15N4O+. The van der Waals surface area contributed by atoms with Gasteiger partial charge < -0.3 is 10.5 Å². The molecule has 3 N–H and O–H groups in total. The number of nitrogen functional groups attached to an aromatic ring is 1. The van der Waals surface area contributed by atoms with Gasteiger partial charge in [0.1, 0.15) is 23.2 Å². The highest BCUT2D eigenvalue weighted by Gasteiger charge is 2.14. The summed E-state index contributed by atoms with van der Waals surface area (Å²) in [4.78, 5) is 7.37. The number of aromatic nitrogens is 2. The second kappa shape index (κ2) is 6.16. The topological polar surface area (TPSA) is 86.1 Å². The highest BCUT2D eigenvalue weighted by Crippen LogP contribution is 2.32. The lowest BCUT2D eigenvalue weighted by Gasteiger charge is -2.10. The molecule has 0 fully saturated rings. The van der Waals surface area contributed by atoms with Gasteiger partial charge in [-0.1, -0.05) is 12.1 Å². The Balaban J connectivity index is 2.22. The van der Waals surface area contributed by atoms with Gasteiger partial charge in [-0.2, -0.15) is 5.26 Å². The Labute approximate surface area is 134 Å². The van der Waals surface area contributed by atoms with Crippen LogP contribution in [-0.2, 0) is 0 Å². The lowest BCUT2D eigenvalue weighted by molar-refractivity contribution is -0.377. The van der Waals surface area contributed by atoms with Crippen molar-refractivity contribution in [3.05, 3.63) is 60.4 Å². The number of hydrogen-bond acceptors (Lipinski definition) is 4. The zero-order valence-electron chi connectivity index (χ0n) is 12.6. The molecule has 2 heterocycles. The number of H-pyrrole nitrogens is 1. The van der Waals surface area contributed by atoms with Gasteiger partial charge in [0, 0.05) is 11.6 Å². The number of ether oxygens (including phenoxy) is 1. The third-order valence-corrected chi connectivity index (χ3v) is 3.54. The Bertz CT molecular complexity index is 885. The highest BCUT2D eigenvalue weighted by molar-refractivity contribution is 5.80. The molecule has 5 nitrogen and oxygen atoms in total. The highest BCUT2D eigenvalue weighted by atomic mass is 16.5. The molecule has 1 aromatic carbocycles. The smallest absolute Gasteiger partial charge is 0.176 e. The van der Waals surface area contributed by atoms with Crippen LogP contribution >= 0.6 is 0 Å². The molecule has 0 bridgehead atoms. The van der Waals surface area contributed by atoms with Crippen LogP contribution in [0.15, 0.2) is 54.9 Å². The first kappa shape index (κ1) is 14.5. The van der Waals surface area contributed by atoms with Crippen molar-refractivity contribution in [3.63, 3.8) is 0 Å². The van der Waals surface area contributed by atoms with Crippen LogP contribution in [0.4, 0.5) is 5.82 Å². The molecule has 2 aromatic heterocycles. The maximum absolute atomic E-state index is 9.44. The van der Waals surface area contributed by atoms with E-state index in [4.69, 9.17) is 10.5 Å². The van der Waals surface area contributed by atoms with Crippen LogP contribution in [0, 0.1) is 11.3 Å². The van der Waals surface area contributed by atoms with E-state index in [2.05, 4.69) is 16.0 Å². The minimum atomic E-state index is 0.215. The number of methoxy groups -OCH3 is 1. The molecule has 0 amide bonds. The number of nitrogens with two attached hydrogens (primary N) is 1. The summed E-state index contributed by atoms with van der Waals surface area (Å²) in [6.45, 7) is 0. The van der Waals surface area contributed by atoms with E-state index in [1.54, 1.807) is 7.11 Å². The molecule has 0 unspecified atom stereocenters. The van der Waals surface area contributed by atoms with Gasteiger partial charge in [0.15, 0.2) is 12.4 Å². The zero-order chi connectivity index (χ0) is 16.2. The number of nitrogens with one attached hydrogen (secondary N) is 1. The molecule has 3 aromatic rings. The molecule has 3 rings (SSSR count). The molecule has 23 heavy (non-hydrogen) atoms. The molecule has 0 spiro atoms. The summed E-state index contributed by atoms with van der Waals surface area (Å²) in [7, 11) is 1.61. The number of anilines is 1. The Hall–Kier alpha value is -3.39. The van der Waals surface area contributed by atoms with Crippen molar-refractivity contribution in [1.29, 1.82) is 5.26 Å². The number of benzene rings is 1. The Morgan fingerprint density at radius 2 is 2.00 bits per heavy atom. The van der Waals surface area contributed by atoms with E-state index < -0.39 is 0 Å². The summed E-state index contributed by atoms with van der Waals surface area (Å²) in [5, 5.41) is 9.44. The predicted octanol–water partition coefficient (Wildman–Crippen LogP) is 2.69. The summed E-state index contributed by atoms with van der Waals surface area (Å²) < 4.78 is 5.26. The monoisotopic (exact) mass is 303 g/mol. The predicted molar refractivity (Wildman–Crippen MR) is 87.3 cm³/mol. The zero-order valence-corrected chi connectivity index (χ0v) is 12.6. The Kier molecular flexibility index (Phi) is 3.89. The van der Waals surface area contributed by atoms with E-state index in [9.17, 15) is 5.26 Å². The molecule has 0 aliphatic heterocycles. The van der Waals surface area contributed by atoms with E-state index in [1.807, 2.05) is 54.9 Å². The first-order chi connectivity index (χ1) is 11.2. The first-order valence-electron chi connectivity index (χ1n) is 7.04. The maximum Gasteiger partial charge on any atom is 0.176 e. The molecule has 0 aliphatic carbocycles. The SMILES string of the molecule is COc1cccc(-c2cc(-c3ccc[nH+]c3)nc(N)c2C#N)c1. The van der Waals surface area contributed by atoms with Crippen LogP contribution in [0.2, 0.25) is 0 Å². The minimum Gasteiger partial charge on any atom is -0.497 e. The number of pyridine rings is 2. The fourth-order valence-corrected chi connectivity index (χ4v) is 2.40. The number of aromatic amines is 1. The normalized spacial score (nSPS) is 10.1. The molecule has 5 heteroatoms. The van der Waals surface area contributed by atoms with Crippen molar-refractivity contribution >= 4 is 5.82 Å². The summed E-state index contributed by atoms with van der Waals surface area (Å²) in [5.41, 5.74) is 9.56. The average Bonchev–Trinajstić information content (AvgIpc) is 2.61. The standard InChI is InChI=1S/C18H14N4O/c1-23-14-6-2-4-12(8-14)15-9-17(13-5-3-7-21-11-13)22-18(20)16(15)10-19/h2-9,11H,1H3,(H2,20,22)/p+1. The van der Waals surface area contributed by atoms with Gasteiger partial charge in [0.25, 0.3) is 0 Å². The molecule has 112 valence electrons. The number of rotatable bonds is 3. The maximum atomic E-state index is 9.44. The fourth-order valence-electron chi connectivity index (χ4n) is 2.40. The number of nitriles is 1. The lowest BCUT2D eigenvalue weighted by Crippen LogP contribution is -2.02. The van der Waals surface area contributed by atoms with Crippen LogP contribution in [0.3, 0.4) is 0 Å². The van der Waals surface area contributed by atoms with Gasteiger partial charge in [-0.15, -0.1) is 0 Å². The van der Waals surface area contributed by atoms with Crippen LogP contribution in [0.25, 0.3) is 22.4 Å². The number of nitrogens with zero attached hydrogens (tertiary/aromatic N) is 2. The minimum absolute atomic E-state index is 0.215. The summed E-state index contributed by atoms with van der Waals surface area (Å²) >= 11 is 0. The molecular weight excluding hydrogens is 288 g/mol. The second-order valence-corrected chi connectivity index (χ2v) is 4.95. The third kappa shape index (κ3) is 2.83. The van der Waals surface area contributed by atoms with E-state index >= 15 is 0 Å². The Morgan fingerprint density at radius 3 is 2.70 bits per heavy atom. The van der Waals surface area contributed by atoms with Gasteiger partial charge in [0.05, 0.1) is 18.4 Å². The fraction of sp³-hybridized carbons (Fsp3) is 0.0556. The van der Waals surface area contributed by atoms with Gasteiger partial charge in [-0.25, -0.2) is 9.97 Å². The largest absolute Gasteiger partial charge is 0.497 e. The average molecular weight is 303 g/mol. The van der Waals surface area contributed by atoms with E-state index in [0.717, 1.165) is 22.4 Å². The van der Waals surface area contributed by atoms with Crippen LogP contribution in [-0.4, -0.2) is 12.1 Å². The van der Waals surface area contributed by atoms with Crippen LogP contribution in [0.5, 0.6) is 5.75 Å². The van der Waals surface area contributed by atoms with Gasteiger partial charge in [-0.3, -0.25) is 0 Å². The molecule has 0 radical (unpaired) electrons. The van der Waals surface area contributed by atoms with Crippen LogP contribution in [0.1, 0.15) is 5.56 Å². The van der Waals surface area contributed by atoms with Crippen molar-refractivity contribution in [1.82, 2.24) is 4.98 Å². The van der Waals surface area contributed by atoms with Crippen molar-refractivity contribution in [2.45, 2.75) is 0 Å². The van der Waals surface area contributed by atoms with Crippen LogP contribution < -0.4 is 15.5 Å². The summed E-state index contributed by atoms with van der Waals surface area (Å²) in [6.07, 6.45) is 3.66. The number of hydrogen-bond donors (Lipinski definition) is 1. The van der Waals surface area contributed by atoms with E-state index in [0.29, 0.717) is 11.3 Å². The van der Waals surface area contributed by atoms with E-state index in [1.165, 1.54) is 0 Å². The van der Waals surface area contributed by atoms with Crippen molar-refractivity contribution in [3.8, 4) is 34.2 Å². The van der Waals surface area contributed by atoms with Crippen molar-refractivity contribution in [2.75, 3.05) is 12.8 Å². The molecule has 0 aliphatic rings. The van der Waals surface area contributed by atoms with Crippen molar-refractivity contribution in [2.24, 2.45) is 0 Å². The van der Waals surface area contributed by atoms with E-state index in [-0.39, 0.29) is 5.82 Å². The third-order valence-electron chi connectivity index (χ3n) is 3.54. The van der Waals surface area contributed by atoms with Gasteiger partial charge in [0.2, 0.25) is 0 Å². The molecule has 0 atom stereocenters. The first-order valence-corrected chi connectivity index (χ1v) is 7.04. The van der Waals surface area contributed by atoms with Crippen molar-refractivity contribution < 1.29 is 9.72 Å². The van der Waals surface area contributed by atoms with Gasteiger partial charge >= 0.3 is 0 Å². The lowest BCUT2D eigenvalue weighted by atomic mass is 9.98. The van der Waals surface area contributed by atoms with Gasteiger partial charge in [-0.05, 0) is 29.8 Å². The summed E-state index contributed by atoms with van der Waals surface area (Å²) in [5.74, 6) is 0.933. The molecule has 0 saturated heterocycles. The summed E-state index contributed by atoms with van der Waals surface area (Å²) in [6, 6.07) is 15.3. The Morgan fingerprint density at radius 1 is 1.17 bits per heavy atom.